The highest BCUT2D eigenvalue weighted by atomic mass is 16.6. The minimum absolute atomic E-state index is 0.0345. The van der Waals surface area contributed by atoms with E-state index < -0.39 is 5.60 Å². The maximum atomic E-state index is 13.0. The number of amides is 1. The van der Waals surface area contributed by atoms with Crippen molar-refractivity contribution in [2.24, 2.45) is 0 Å². The molecule has 1 fully saturated rings. The number of hydrogen-bond donors (Lipinski definition) is 1. The predicted molar refractivity (Wildman–Crippen MR) is 95.4 cm³/mol. The van der Waals surface area contributed by atoms with Crippen molar-refractivity contribution in [3.05, 3.63) is 53.3 Å². The Hall–Kier alpha value is -2.60. The van der Waals surface area contributed by atoms with Crippen LogP contribution in [0.25, 0.3) is 0 Å². The van der Waals surface area contributed by atoms with Crippen molar-refractivity contribution >= 4 is 5.91 Å². The molecule has 1 aromatic carbocycles. The van der Waals surface area contributed by atoms with Crippen LogP contribution in [-0.2, 0) is 5.60 Å². The van der Waals surface area contributed by atoms with E-state index in [4.69, 9.17) is 9.47 Å². The molecular formula is C20H22N2O4. The molecule has 26 heavy (non-hydrogen) atoms. The topological polar surface area (TPSA) is 71.9 Å². The molecule has 0 bridgehead atoms. The zero-order valence-electron chi connectivity index (χ0n) is 14.8. The third kappa shape index (κ3) is 3.01. The van der Waals surface area contributed by atoms with E-state index in [1.165, 1.54) is 0 Å². The van der Waals surface area contributed by atoms with Crippen molar-refractivity contribution < 1.29 is 19.4 Å². The Kier molecular flexibility index (Phi) is 4.28. The molecule has 0 atom stereocenters. The lowest BCUT2D eigenvalue weighted by Crippen LogP contribution is -2.45. The van der Waals surface area contributed by atoms with E-state index in [0.29, 0.717) is 56.2 Å². The lowest BCUT2D eigenvalue weighted by Gasteiger charge is -2.38. The lowest BCUT2D eigenvalue weighted by atomic mass is 9.85. The number of aliphatic hydroxyl groups is 1. The molecule has 0 saturated carbocycles. The van der Waals surface area contributed by atoms with Crippen molar-refractivity contribution in [3.63, 3.8) is 0 Å². The Bertz CT molecular complexity index is 814. The number of ether oxygens (including phenoxy) is 2. The van der Waals surface area contributed by atoms with Gasteiger partial charge in [-0.2, -0.15) is 0 Å². The Morgan fingerprint density at radius 3 is 2.54 bits per heavy atom. The molecule has 0 unspecified atom stereocenters. The Balaban J connectivity index is 1.51. The largest absolute Gasteiger partial charge is 0.486 e. The van der Waals surface area contributed by atoms with Crippen molar-refractivity contribution in [2.45, 2.75) is 25.4 Å². The number of carbonyl (C=O) groups excluding carboxylic acids is 1. The van der Waals surface area contributed by atoms with Crippen LogP contribution >= 0.6 is 0 Å². The zero-order valence-corrected chi connectivity index (χ0v) is 14.8. The summed E-state index contributed by atoms with van der Waals surface area (Å²) in [4.78, 5) is 18.9. The molecule has 1 aromatic heterocycles. The number of nitrogens with zero attached hydrogens (tertiary/aromatic N) is 2. The van der Waals surface area contributed by atoms with Gasteiger partial charge in [-0.1, -0.05) is 6.07 Å². The van der Waals surface area contributed by atoms with Gasteiger partial charge in [0, 0.05) is 36.6 Å². The summed E-state index contributed by atoms with van der Waals surface area (Å²) in [6.07, 6.45) is 4.38. The summed E-state index contributed by atoms with van der Waals surface area (Å²) >= 11 is 0. The smallest absolute Gasteiger partial charge is 0.254 e. The van der Waals surface area contributed by atoms with Crippen LogP contribution in [0.4, 0.5) is 0 Å². The molecule has 2 aliphatic rings. The Morgan fingerprint density at radius 2 is 1.88 bits per heavy atom. The first kappa shape index (κ1) is 16.8. The number of carbonyl (C=O) groups is 1. The van der Waals surface area contributed by atoms with E-state index in [2.05, 4.69) is 4.98 Å². The first-order valence-corrected chi connectivity index (χ1v) is 8.89. The van der Waals surface area contributed by atoms with Gasteiger partial charge in [0.15, 0.2) is 11.5 Å². The number of likely N-dealkylation sites (tertiary alicyclic amines) is 1. The molecule has 0 aliphatic carbocycles. The van der Waals surface area contributed by atoms with Gasteiger partial charge in [0.1, 0.15) is 13.2 Å². The SMILES string of the molecule is Cc1cc2c(cc1C(=O)N1CCC(O)(c3cccnc3)CC1)OCCO2. The highest BCUT2D eigenvalue weighted by Gasteiger charge is 2.36. The third-order valence-electron chi connectivity index (χ3n) is 5.20. The molecule has 1 saturated heterocycles. The summed E-state index contributed by atoms with van der Waals surface area (Å²) in [6.45, 7) is 3.92. The maximum Gasteiger partial charge on any atom is 0.254 e. The predicted octanol–water partition coefficient (Wildman–Crippen LogP) is 2.29. The number of hydrogen-bond acceptors (Lipinski definition) is 5. The fourth-order valence-electron chi connectivity index (χ4n) is 3.60. The molecule has 0 spiro atoms. The van der Waals surface area contributed by atoms with E-state index in [-0.39, 0.29) is 5.91 Å². The normalized spacial score (nSPS) is 18.5. The standard InChI is InChI=1S/C20H22N2O4/c1-14-11-17-18(26-10-9-25-17)12-16(14)19(23)22-7-4-20(24,5-8-22)15-3-2-6-21-13-15/h2-3,6,11-13,24H,4-5,7-10H2,1H3. The van der Waals surface area contributed by atoms with E-state index in [1.807, 2.05) is 25.1 Å². The van der Waals surface area contributed by atoms with Gasteiger partial charge in [-0.15, -0.1) is 0 Å². The molecule has 6 nitrogen and oxygen atoms in total. The van der Waals surface area contributed by atoms with Crippen molar-refractivity contribution in [2.75, 3.05) is 26.3 Å². The summed E-state index contributed by atoms with van der Waals surface area (Å²) in [6, 6.07) is 7.34. The maximum absolute atomic E-state index is 13.0. The first-order chi connectivity index (χ1) is 12.6. The molecule has 6 heteroatoms. The van der Waals surface area contributed by atoms with Crippen molar-refractivity contribution in [1.82, 2.24) is 9.88 Å². The molecule has 2 aliphatic heterocycles. The number of fused-ring (bicyclic) bond motifs is 1. The zero-order chi connectivity index (χ0) is 18.1. The average Bonchev–Trinajstić information content (AvgIpc) is 2.68. The molecule has 136 valence electrons. The number of rotatable bonds is 2. The van der Waals surface area contributed by atoms with Crippen LogP contribution in [0.1, 0.15) is 34.3 Å². The van der Waals surface area contributed by atoms with E-state index in [0.717, 1.165) is 11.1 Å². The number of benzene rings is 1. The summed E-state index contributed by atoms with van der Waals surface area (Å²) < 4.78 is 11.2. The highest BCUT2D eigenvalue weighted by molar-refractivity contribution is 5.96. The fraction of sp³-hybridized carbons (Fsp3) is 0.400. The molecule has 3 heterocycles. The van der Waals surface area contributed by atoms with E-state index >= 15 is 0 Å². The lowest BCUT2D eigenvalue weighted by molar-refractivity contribution is -0.0214. The number of aromatic nitrogens is 1. The van der Waals surface area contributed by atoms with Crippen LogP contribution < -0.4 is 9.47 Å². The summed E-state index contributed by atoms with van der Waals surface area (Å²) in [7, 11) is 0. The average molecular weight is 354 g/mol. The van der Waals surface area contributed by atoms with Gasteiger partial charge in [-0.25, -0.2) is 0 Å². The minimum atomic E-state index is -0.924. The minimum Gasteiger partial charge on any atom is -0.486 e. The molecule has 4 rings (SSSR count). The third-order valence-corrected chi connectivity index (χ3v) is 5.20. The van der Waals surface area contributed by atoms with Crippen molar-refractivity contribution in [1.29, 1.82) is 0 Å². The molecule has 1 N–H and O–H groups in total. The van der Waals surface area contributed by atoms with Crippen LogP contribution in [0, 0.1) is 6.92 Å². The second-order valence-corrected chi connectivity index (χ2v) is 6.88. The van der Waals surface area contributed by atoms with Gasteiger partial charge in [-0.3, -0.25) is 9.78 Å². The van der Waals surface area contributed by atoms with Crippen LogP contribution in [0.3, 0.4) is 0 Å². The van der Waals surface area contributed by atoms with Crippen LogP contribution in [0.2, 0.25) is 0 Å². The van der Waals surface area contributed by atoms with Crippen LogP contribution in [0.5, 0.6) is 11.5 Å². The van der Waals surface area contributed by atoms with Gasteiger partial charge in [0.2, 0.25) is 0 Å². The molecular weight excluding hydrogens is 332 g/mol. The molecule has 1 amide bonds. The van der Waals surface area contributed by atoms with E-state index in [1.54, 1.807) is 23.4 Å². The van der Waals surface area contributed by atoms with Gasteiger partial charge in [0.05, 0.1) is 5.60 Å². The Morgan fingerprint density at radius 1 is 1.19 bits per heavy atom. The van der Waals surface area contributed by atoms with Crippen LogP contribution in [-0.4, -0.2) is 47.2 Å². The summed E-state index contributed by atoms with van der Waals surface area (Å²) in [5, 5.41) is 10.9. The Labute approximate surface area is 152 Å². The summed E-state index contributed by atoms with van der Waals surface area (Å²) in [5.41, 5.74) is 1.38. The highest BCUT2D eigenvalue weighted by Crippen LogP contribution is 2.35. The van der Waals surface area contributed by atoms with Gasteiger partial charge in [0.25, 0.3) is 5.91 Å². The quantitative estimate of drug-likeness (QED) is 0.896. The number of piperidine rings is 1. The molecule has 2 aromatic rings. The first-order valence-electron chi connectivity index (χ1n) is 8.89. The number of pyridine rings is 1. The molecule has 0 radical (unpaired) electrons. The number of aryl methyl sites for hydroxylation is 1. The van der Waals surface area contributed by atoms with Gasteiger partial charge < -0.3 is 19.5 Å². The van der Waals surface area contributed by atoms with Gasteiger partial charge >= 0.3 is 0 Å². The summed E-state index contributed by atoms with van der Waals surface area (Å²) in [5.74, 6) is 1.27. The fourth-order valence-corrected chi connectivity index (χ4v) is 3.60. The monoisotopic (exact) mass is 354 g/mol. The second kappa shape index (κ2) is 6.61. The van der Waals surface area contributed by atoms with E-state index in [9.17, 15) is 9.90 Å². The van der Waals surface area contributed by atoms with Crippen LogP contribution in [0.15, 0.2) is 36.7 Å². The van der Waals surface area contributed by atoms with Crippen molar-refractivity contribution in [3.8, 4) is 11.5 Å². The van der Waals surface area contributed by atoms with Gasteiger partial charge in [-0.05, 0) is 43.5 Å². The second-order valence-electron chi connectivity index (χ2n) is 6.88.